The smallest absolute Gasteiger partial charge is 0.193 e. The Kier molecular flexibility index (Phi) is 7.52. The van der Waals surface area contributed by atoms with Gasteiger partial charge in [0, 0.05) is 39.8 Å². The van der Waals surface area contributed by atoms with Crippen molar-refractivity contribution < 1.29 is 9.13 Å². The molecule has 1 N–H and O–H groups in total. The molecule has 0 saturated carbocycles. The molecule has 2 aliphatic heterocycles. The third-order valence-electron chi connectivity index (χ3n) is 5.00. The minimum Gasteiger partial charge on any atom is -0.378 e. The van der Waals surface area contributed by atoms with Crippen molar-refractivity contribution in [2.75, 3.05) is 51.3 Å². The van der Waals surface area contributed by atoms with E-state index in [-0.39, 0.29) is 29.8 Å². The molecule has 5 nitrogen and oxygen atoms in total. The first-order valence-electron chi connectivity index (χ1n) is 9.05. The third kappa shape index (κ3) is 5.22. The fourth-order valence-corrected chi connectivity index (χ4v) is 3.53. The quantitative estimate of drug-likeness (QED) is 0.414. The van der Waals surface area contributed by atoms with Crippen LogP contribution in [0.1, 0.15) is 25.8 Å². The monoisotopic (exact) mass is 476 g/mol. The number of halogens is 2. The van der Waals surface area contributed by atoms with Crippen LogP contribution in [-0.2, 0) is 11.3 Å². The first-order chi connectivity index (χ1) is 12.0. The largest absolute Gasteiger partial charge is 0.378 e. The molecule has 26 heavy (non-hydrogen) atoms. The van der Waals surface area contributed by atoms with Gasteiger partial charge in [-0.25, -0.2) is 4.39 Å². The zero-order valence-electron chi connectivity index (χ0n) is 15.9. The van der Waals surface area contributed by atoms with Crippen LogP contribution in [0, 0.1) is 11.2 Å². The summed E-state index contributed by atoms with van der Waals surface area (Å²) in [6, 6.07) is 5.49. The molecule has 3 rings (SSSR count). The standard InChI is InChI=1S/C19H29FN4O.HI/c1-19(2)6-7-24(14-19)18(21-3)22-13-15-4-5-17(16(20)12-15)23-8-10-25-11-9-23;/h4-5,12H,6-11,13-14H2,1-3H3,(H,21,22);1H. The average molecular weight is 476 g/mol. The number of nitrogens with zero attached hydrogens (tertiary/aromatic N) is 3. The lowest BCUT2D eigenvalue weighted by Gasteiger charge is -2.29. The normalized spacial score (nSPS) is 20.1. The number of aliphatic imine (C=N–C) groups is 1. The second-order valence-corrected chi connectivity index (χ2v) is 7.62. The van der Waals surface area contributed by atoms with Crippen molar-refractivity contribution in [3.8, 4) is 0 Å². The third-order valence-corrected chi connectivity index (χ3v) is 5.00. The summed E-state index contributed by atoms with van der Waals surface area (Å²) in [4.78, 5) is 8.70. The zero-order chi connectivity index (χ0) is 17.9. The molecule has 0 atom stereocenters. The predicted octanol–water partition coefficient (Wildman–Crippen LogP) is 3.09. The summed E-state index contributed by atoms with van der Waals surface area (Å²) in [6.07, 6.45) is 1.16. The molecule has 0 aromatic heterocycles. The van der Waals surface area contributed by atoms with Crippen molar-refractivity contribution in [1.29, 1.82) is 0 Å². The molecular formula is C19H30FIN4O. The van der Waals surface area contributed by atoms with Crippen molar-refractivity contribution >= 4 is 35.6 Å². The first kappa shape index (κ1) is 21.2. The second-order valence-electron chi connectivity index (χ2n) is 7.62. The van der Waals surface area contributed by atoms with Gasteiger partial charge in [0.15, 0.2) is 5.96 Å². The molecule has 2 saturated heterocycles. The molecule has 146 valence electrons. The molecule has 0 bridgehead atoms. The molecule has 0 aliphatic carbocycles. The number of likely N-dealkylation sites (tertiary alicyclic amines) is 1. The number of nitrogens with one attached hydrogen (secondary N) is 1. The SMILES string of the molecule is CN=C(NCc1ccc(N2CCOCC2)c(F)c1)N1CCC(C)(C)C1.I. The number of guanidine groups is 1. The molecule has 7 heteroatoms. The number of ether oxygens (including phenoxy) is 1. The molecule has 0 spiro atoms. The Labute approximate surface area is 173 Å². The summed E-state index contributed by atoms with van der Waals surface area (Å²) in [6.45, 7) is 9.94. The van der Waals surface area contributed by atoms with E-state index in [9.17, 15) is 4.39 Å². The maximum atomic E-state index is 14.5. The van der Waals surface area contributed by atoms with Gasteiger partial charge in [0.25, 0.3) is 0 Å². The van der Waals surface area contributed by atoms with Gasteiger partial charge in [-0.15, -0.1) is 24.0 Å². The van der Waals surface area contributed by atoms with Gasteiger partial charge < -0.3 is 19.9 Å². The molecular weight excluding hydrogens is 446 g/mol. The first-order valence-corrected chi connectivity index (χ1v) is 9.05. The Bertz CT molecular complexity index is 632. The van der Waals surface area contributed by atoms with Gasteiger partial charge in [0.2, 0.25) is 0 Å². The Hall–Kier alpha value is -1.09. The number of anilines is 1. The van der Waals surface area contributed by atoms with Crippen LogP contribution in [0.15, 0.2) is 23.2 Å². The highest BCUT2D eigenvalue weighted by molar-refractivity contribution is 14.0. The van der Waals surface area contributed by atoms with Crippen molar-refractivity contribution in [3.63, 3.8) is 0 Å². The number of hydrogen-bond donors (Lipinski definition) is 1. The lowest BCUT2D eigenvalue weighted by molar-refractivity contribution is 0.122. The van der Waals surface area contributed by atoms with E-state index in [2.05, 4.69) is 29.1 Å². The van der Waals surface area contributed by atoms with Gasteiger partial charge >= 0.3 is 0 Å². The molecule has 0 radical (unpaired) electrons. The second kappa shape index (κ2) is 9.21. The predicted molar refractivity (Wildman–Crippen MR) is 115 cm³/mol. The van der Waals surface area contributed by atoms with E-state index in [1.54, 1.807) is 13.1 Å². The molecule has 0 amide bonds. The van der Waals surface area contributed by atoms with Crippen LogP contribution in [0.4, 0.5) is 10.1 Å². The highest BCUT2D eigenvalue weighted by Crippen LogP contribution is 2.28. The molecule has 1 aromatic rings. The fourth-order valence-electron chi connectivity index (χ4n) is 3.53. The van der Waals surface area contributed by atoms with Crippen molar-refractivity contribution in [3.05, 3.63) is 29.6 Å². The molecule has 2 fully saturated rings. The van der Waals surface area contributed by atoms with Gasteiger partial charge in [-0.3, -0.25) is 4.99 Å². The summed E-state index contributed by atoms with van der Waals surface area (Å²) in [5.41, 5.74) is 1.91. The van der Waals surface area contributed by atoms with Crippen LogP contribution in [0.3, 0.4) is 0 Å². The average Bonchev–Trinajstić information content (AvgIpc) is 2.96. The van der Waals surface area contributed by atoms with E-state index < -0.39 is 0 Å². The van der Waals surface area contributed by atoms with Crippen molar-refractivity contribution in [2.45, 2.75) is 26.8 Å². The fraction of sp³-hybridized carbons (Fsp3) is 0.632. The summed E-state index contributed by atoms with van der Waals surface area (Å²) in [7, 11) is 1.80. The van der Waals surface area contributed by atoms with Gasteiger partial charge in [0.05, 0.1) is 18.9 Å². The molecule has 1 aromatic carbocycles. The number of hydrogen-bond acceptors (Lipinski definition) is 3. The summed E-state index contributed by atoms with van der Waals surface area (Å²) in [5.74, 6) is 0.724. The van der Waals surface area contributed by atoms with Crippen LogP contribution < -0.4 is 10.2 Å². The Morgan fingerprint density at radius 3 is 2.58 bits per heavy atom. The number of benzene rings is 1. The van der Waals surface area contributed by atoms with E-state index in [0.717, 1.165) is 44.1 Å². The van der Waals surface area contributed by atoms with Crippen LogP contribution in [0.25, 0.3) is 0 Å². The van der Waals surface area contributed by atoms with Crippen LogP contribution >= 0.6 is 24.0 Å². The van der Waals surface area contributed by atoms with Crippen molar-refractivity contribution in [2.24, 2.45) is 10.4 Å². The Balaban J connectivity index is 0.00000243. The molecule has 2 aliphatic rings. The number of morpholine rings is 1. The van der Waals surface area contributed by atoms with Crippen LogP contribution in [-0.4, -0.2) is 57.3 Å². The maximum absolute atomic E-state index is 14.5. The van der Waals surface area contributed by atoms with E-state index in [4.69, 9.17) is 4.74 Å². The highest BCUT2D eigenvalue weighted by Gasteiger charge is 2.30. The summed E-state index contributed by atoms with van der Waals surface area (Å²) >= 11 is 0. The van der Waals surface area contributed by atoms with Gasteiger partial charge in [-0.1, -0.05) is 19.9 Å². The van der Waals surface area contributed by atoms with Crippen LogP contribution in [0.5, 0.6) is 0 Å². The molecule has 2 heterocycles. The topological polar surface area (TPSA) is 40.1 Å². The van der Waals surface area contributed by atoms with E-state index in [0.29, 0.717) is 30.9 Å². The summed E-state index contributed by atoms with van der Waals surface area (Å²) in [5, 5.41) is 3.37. The minimum absolute atomic E-state index is 0. The minimum atomic E-state index is -0.168. The Morgan fingerprint density at radius 1 is 1.27 bits per heavy atom. The lowest BCUT2D eigenvalue weighted by atomic mass is 9.93. The lowest BCUT2D eigenvalue weighted by Crippen LogP contribution is -2.40. The van der Waals surface area contributed by atoms with E-state index in [1.807, 2.05) is 17.0 Å². The zero-order valence-corrected chi connectivity index (χ0v) is 18.3. The highest BCUT2D eigenvalue weighted by atomic mass is 127. The van der Waals surface area contributed by atoms with E-state index in [1.165, 1.54) is 0 Å². The van der Waals surface area contributed by atoms with Crippen molar-refractivity contribution in [1.82, 2.24) is 10.2 Å². The molecule has 0 unspecified atom stereocenters. The maximum Gasteiger partial charge on any atom is 0.193 e. The Morgan fingerprint density at radius 2 is 2.00 bits per heavy atom. The van der Waals surface area contributed by atoms with Gasteiger partial charge in [0.1, 0.15) is 5.82 Å². The summed E-state index contributed by atoms with van der Waals surface area (Å²) < 4.78 is 19.8. The number of rotatable bonds is 3. The van der Waals surface area contributed by atoms with Crippen LogP contribution in [0.2, 0.25) is 0 Å². The van der Waals surface area contributed by atoms with Gasteiger partial charge in [-0.05, 0) is 29.5 Å². The van der Waals surface area contributed by atoms with E-state index >= 15 is 0 Å². The van der Waals surface area contributed by atoms with Gasteiger partial charge in [-0.2, -0.15) is 0 Å².